The standard InChI is InChI=1S/C14H17BrN4S2/c1-8(2)9-5-4-6-17-10(9)7-21-14-18-12(16)11(15)13(19-14)20-3/h4-6,8H,7H2,1-3H3,(H2,16,18,19). The molecule has 7 heteroatoms. The number of thioether (sulfide) groups is 2. The van der Waals surface area contributed by atoms with Crippen LogP contribution in [0.2, 0.25) is 0 Å². The molecule has 0 bridgehead atoms. The van der Waals surface area contributed by atoms with E-state index in [1.54, 1.807) is 23.5 Å². The van der Waals surface area contributed by atoms with Crippen LogP contribution in [0.15, 0.2) is 33.0 Å². The molecule has 0 amide bonds. The zero-order chi connectivity index (χ0) is 15.4. The number of aromatic nitrogens is 3. The van der Waals surface area contributed by atoms with Gasteiger partial charge in [0.2, 0.25) is 0 Å². The molecule has 4 nitrogen and oxygen atoms in total. The topological polar surface area (TPSA) is 64.7 Å². The third-order valence-electron chi connectivity index (χ3n) is 2.90. The summed E-state index contributed by atoms with van der Waals surface area (Å²) in [6, 6.07) is 4.10. The van der Waals surface area contributed by atoms with Gasteiger partial charge in [-0.15, -0.1) is 11.8 Å². The number of pyridine rings is 1. The van der Waals surface area contributed by atoms with Crippen molar-refractivity contribution in [3.63, 3.8) is 0 Å². The molecule has 2 rings (SSSR count). The van der Waals surface area contributed by atoms with E-state index in [1.165, 1.54) is 5.56 Å². The number of hydrogen-bond acceptors (Lipinski definition) is 6. The Balaban J connectivity index is 2.19. The largest absolute Gasteiger partial charge is 0.383 e. The molecule has 2 N–H and O–H groups in total. The molecule has 0 radical (unpaired) electrons. The summed E-state index contributed by atoms with van der Waals surface area (Å²) in [6.07, 6.45) is 3.79. The average molecular weight is 385 g/mol. The van der Waals surface area contributed by atoms with Crippen molar-refractivity contribution >= 4 is 45.3 Å². The lowest BCUT2D eigenvalue weighted by molar-refractivity contribution is 0.838. The molecular formula is C14H17BrN4S2. The molecule has 0 aliphatic rings. The van der Waals surface area contributed by atoms with Gasteiger partial charge in [-0.1, -0.05) is 31.7 Å². The molecule has 0 aliphatic carbocycles. The first kappa shape index (κ1) is 16.6. The molecule has 0 saturated carbocycles. The Morgan fingerprint density at radius 3 is 2.76 bits per heavy atom. The summed E-state index contributed by atoms with van der Waals surface area (Å²) in [7, 11) is 0. The molecule has 0 unspecified atom stereocenters. The van der Waals surface area contributed by atoms with Gasteiger partial charge in [-0.3, -0.25) is 4.98 Å². The Bertz CT molecular complexity index is 634. The Kier molecular flexibility index (Phi) is 5.89. The molecule has 0 saturated heterocycles. The average Bonchev–Trinajstić information content (AvgIpc) is 2.48. The van der Waals surface area contributed by atoms with Gasteiger partial charge in [0.25, 0.3) is 0 Å². The molecule has 2 aromatic rings. The van der Waals surface area contributed by atoms with Gasteiger partial charge in [0.1, 0.15) is 10.8 Å². The van der Waals surface area contributed by atoms with Crippen LogP contribution in [-0.4, -0.2) is 21.2 Å². The summed E-state index contributed by atoms with van der Waals surface area (Å²) in [5.41, 5.74) is 8.25. The highest BCUT2D eigenvalue weighted by Gasteiger charge is 2.12. The fourth-order valence-electron chi connectivity index (χ4n) is 1.85. The van der Waals surface area contributed by atoms with Crippen LogP contribution < -0.4 is 5.73 Å². The Hall–Kier alpha value is -0.790. The van der Waals surface area contributed by atoms with Crippen LogP contribution in [0.4, 0.5) is 5.82 Å². The molecule has 0 spiro atoms. The number of nitrogens with two attached hydrogens (primary N) is 1. The second-order valence-electron chi connectivity index (χ2n) is 4.70. The van der Waals surface area contributed by atoms with Crippen LogP contribution in [0.25, 0.3) is 0 Å². The van der Waals surface area contributed by atoms with E-state index in [-0.39, 0.29) is 0 Å². The second-order valence-corrected chi connectivity index (χ2v) is 7.23. The summed E-state index contributed by atoms with van der Waals surface area (Å²) >= 11 is 6.51. The van der Waals surface area contributed by atoms with E-state index in [4.69, 9.17) is 5.73 Å². The molecule has 21 heavy (non-hydrogen) atoms. The van der Waals surface area contributed by atoms with Crippen LogP contribution in [0.5, 0.6) is 0 Å². The van der Waals surface area contributed by atoms with E-state index in [2.05, 4.69) is 50.8 Å². The maximum atomic E-state index is 5.90. The number of nitrogens with zero attached hydrogens (tertiary/aromatic N) is 3. The van der Waals surface area contributed by atoms with Crippen molar-refractivity contribution in [3.8, 4) is 0 Å². The van der Waals surface area contributed by atoms with Crippen molar-refractivity contribution in [2.75, 3.05) is 12.0 Å². The van der Waals surface area contributed by atoms with Gasteiger partial charge >= 0.3 is 0 Å². The zero-order valence-electron chi connectivity index (χ0n) is 12.1. The minimum Gasteiger partial charge on any atom is -0.383 e. The number of hydrogen-bond donors (Lipinski definition) is 1. The molecule has 0 aromatic carbocycles. The molecule has 2 aromatic heterocycles. The number of nitrogen functional groups attached to an aromatic ring is 1. The summed E-state index contributed by atoms with van der Waals surface area (Å²) in [6.45, 7) is 4.34. The van der Waals surface area contributed by atoms with Crippen LogP contribution in [0.1, 0.15) is 31.0 Å². The van der Waals surface area contributed by atoms with Gasteiger partial charge < -0.3 is 5.73 Å². The Labute approximate surface area is 141 Å². The minimum atomic E-state index is 0.451. The quantitative estimate of drug-likeness (QED) is 0.469. The monoisotopic (exact) mass is 384 g/mol. The van der Waals surface area contributed by atoms with E-state index in [1.807, 2.05) is 18.5 Å². The molecular weight excluding hydrogens is 368 g/mol. The Morgan fingerprint density at radius 2 is 2.10 bits per heavy atom. The lowest BCUT2D eigenvalue weighted by atomic mass is 10.0. The van der Waals surface area contributed by atoms with Crippen molar-refractivity contribution in [2.45, 2.75) is 35.7 Å². The van der Waals surface area contributed by atoms with Crippen molar-refractivity contribution in [1.29, 1.82) is 0 Å². The van der Waals surface area contributed by atoms with Crippen molar-refractivity contribution in [3.05, 3.63) is 34.1 Å². The highest BCUT2D eigenvalue weighted by atomic mass is 79.9. The lowest BCUT2D eigenvalue weighted by Crippen LogP contribution is -2.01. The van der Waals surface area contributed by atoms with Gasteiger partial charge in [-0.05, 0) is 39.7 Å². The normalized spacial score (nSPS) is 11.1. The van der Waals surface area contributed by atoms with Crippen LogP contribution in [0, 0.1) is 0 Å². The third kappa shape index (κ3) is 4.11. The summed E-state index contributed by atoms with van der Waals surface area (Å²) < 4.78 is 0.764. The first-order valence-corrected chi connectivity index (χ1v) is 9.46. The zero-order valence-corrected chi connectivity index (χ0v) is 15.3. The smallest absolute Gasteiger partial charge is 0.191 e. The van der Waals surface area contributed by atoms with E-state index >= 15 is 0 Å². The van der Waals surface area contributed by atoms with Gasteiger partial charge in [-0.25, -0.2) is 9.97 Å². The van der Waals surface area contributed by atoms with E-state index in [0.29, 0.717) is 16.9 Å². The number of rotatable bonds is 5. The van der Waals surface area contributed by atoms with Crippen LogP contribution in [-0.2, 0) is 5.75 Å². The SMILES string of the molecule is CSc1nc(SCc2ncccc2C(C)C)nc(N)c1Br. The van der Waals surface area contributed by atoms with Crippen LogP contribution >= 0.6 is 39.5 Å². The van der Waals surface area contributed by atoms with Gasteiger partial charge in [0.05, 0.1) is 10.2 Å². The highest BCUT2D eigenvalue weighted by molar-refractivity contribution is 9.10. The van der Waals surface area contributed by atoms with E-state index in [0.717, 1.165) is 20.9 Å². The molecule has 112 valence electrons. The maximum Gasteiger partial charge on any atom is 0.191 e. The second kappa shape index (κ2) is 7.47. The van der Waals surface area contributed by atoms with Crippen LogP contribution in [0.3, 0.4) is 0 Å². The maximum absolute atomic E-state index is 5.90. The third-order valence-corrected chi connectivity index (χ3v) is 5.49. The predicted molar refractivity (Wildman–Crippen MR) is 93.8 cm³/mol. The van der Waals surface area contributed by atoms with Gasteiger partial charge in [0, 0.05) is 11.9 Å². The first-order chi connectivity index (χ1) is 10.0. The first-order valence-electron chi connectivity index (χ1n) is 6.46. The molecule has 2 heterocycles. The van der Waals surface area contributed by atoms with E-state index < -0.39 is 0 Å². The van der Waals surface area contributed by atoms with Crippen molar-refractivity contribution in [1.82, 2.24) is 15.0 Å². The number of halogens is 1. The Morgan fingerprint density at radius 1 is 1.33 bits per heavy atom. The predicted octanol–water partition coefficient (Wildman–Crippen LogP) is 4.35. The van der Waals surface area contributed by atoms with Gasteiger partial charge in [0.15, 0.2) is 5.16 Å². The lowest BCUT2D eigenvalue weighted by Gasteiger charge is -2.11. The highest BCUT2D eigenvalue weighted by Crippen LogP contribution is 2.31. The fraction of sp³-hybridized carbons (Fsp3) is 0.357. The van der Waals surface area contributed by atoms with Gasteiger partial charge in [-0.2, -0.15) is 0 Å². The van der Waals surface area contributed by atoms with Crippen molar-refractivity contribution < 1.29 is 0 Å². The molecule has 0 atom stereocenters. The molecule has 0 fully saturated rings. The molecule has 0 aliphatic heterocycles. The van der Waals surface area contributed by atoms with Crippen molar-refractivity contribution in [2.24, 2.45) is 0 Å². The fourth-order valence-corrected chi connectivity index (χ4v) is 3.86. The summed E-state index contributed by atoms with van der Waals surface area (Å²) in [4.78, 5) is 13.3. The summed E-state index contributed by atoms with van der Waals surface area (Å²) in [5, 5.41) is 1.54. The van der Waals surface area contributed by atoms with E-state index in [9.17, 15) is 0 Å². The minimum absolute atomic E-state index is 0.451. The summed E-state index contributed by atoms with van der Waals surface area (Å²) in [5.74, 6) is 1.66. The number of anilines is 1.